The molecule has 0 unspecified atom stereocenters. The molecule has 1 aromatic heterocycles. The molecule has 0 aliphatic rings. The van der Waals surface area contributed by atoms with E-state index < -0.39 is 0 Å². The molecule has 1 heterocycles. The lowest BCUT2D eigenvalue weighted by Gasteiger charge is -2.02. The largest absolute Gasteiger partial charge is 0.361 e. The lowest BCUT2D eigenvalue weighted by atomic mass is 10.1. The molecule has 18 heavy (non-hydrogen) atoms. The van der Waals surface area contributed by atoms with Crippen LogP contribution >= 0.6 is 34.5 Å². The summed E-state index contributed by atoms with van der Waals surface area (Å²) in [5, 5.41) is 13.6. The van der Waals surface area contributed by atoms with Crippen LogP contribution in [0.3, 0.4) is 0 Å². The maximum atomic E-state index is 8.76. The third-order valence-corrected chi connectivity index (χ3v) is 3.85. The monoisotopic (exact) mass is 297 g/mol. The smallest absolute Gasteiger partial charge is 0.185 e. The number of benzene rings is 1. The van der Waals surface area contributed by atoms with Crippen molar-refractivity contribution < 1.29 is 0 Å². The van der Waals surface area contributed by atoms with Gasteiger partial charge in [-0.25, -0.2) is 4.98 Å². The van der Waals surface area contributed by atoms with Crippen molar-refractivity contribution in [3.05, 3.63) is 44.9 Å². The number of hydrogen-bond donors (Lipinski definition) is 1. The minimum Gasteiger partial charge on any atom is -0.361 e. The average Bonchev–Trinajstić information content (AvgIpc) is 2.72. The normalized spacial score (nSPS) is 10.1. The highest BCUT2D eigenvalue weighted by Crippen LogP contribution is 2.25. The molecule has 0 aliphatic carbocycles. The second kappa shape index (κ2) is 6.05. The van der Waals surface area contributed by atoms with Gasteiger partial charge >= 0.3 is 0 Å². The quantitative estimate of drug-likeness (QED) is 0.929. The molecule has 1 aromatic carbocycles. The van der Waals surface area contributed by atoms with Crippen LogP contribution in [-0.2, 0) is 6.42 Å². The Morgan fingerprint density at radius 2 is 2.00 bits per heavy atom. The molecule has 0 radical (unpaired) electrons. The van der Waals surface area contributed by atoms with Gasteiger partial charge in [-0.2, -0.15) is 5.26 Å². The summed E-state index contributed by atoms with van der Waals surface area (Å²) in [4.78, 5) is 4.49. The van der Waals surface area contributed by atoms with Crippen molar-refractivity contribution in [2.45, 2.75) is 6.42 Å². The second-order valence-corrected chi connectivity index (χ2v) is 5.35. The van der Waals surface area contributed by atoms with Gasteiger partial charge in [-0.15, -0.1) is 0 Å². The van der Waals surface area contributed by atoms with E-state index in [1.54, 1.807) is 0 Å². The number of rotatable bonds is 4. The molecule has 0 spiro atoms. The highest BCUT2D eigenvalue weighted by molar-refractivity contribution is 7.16. The molecular weight excluding hydrogens is 289 g/mol. The number of hydrogen-bond acceptors (Lipinski definition) is 4. The summed E-state index contributed by atoms with van der Waals surface area (Å²) in [7, 11) is 0. The van der Waals surface area contributed by atoms with Crippen molar-refractivity contribution in [1.82, 2.24) is 4.98 Å². The molecular formula is C12H9Cl2N3S. The van der Waals surface area contributed by atoms with Gasteiger partial charge in [0, 0.05) is 11.6 Å². The third kappa shape index (κ3) is 3.36. The molecule has 6 heteroatoms. The Morgan fingerprint density at radius 1 is 1.28 bits per heavy atom. The zero-order valence-corrected chi connectivity index (χ0v) is 11.6. The Morgan fingerprint density at radius 3 is 2.61 bits per heavy atom. The van der Waals surface area contributed by atoms with Gasteiger partial charge in [0.05, 0.1) is 0 Å². The summed E-state index contributed by atoms with van der Waals surface area (Å²) in [6.45, 7) is 0.732. The minimum absolute atomic E-state index is 0.261. The van der Waals surface area contributed by atoms with Crippen molar-refractivity contribution in [3.63, 3.8) is 0 Å². The number of aromatic nitrogens is 1. The SMILES string of the molecule is N#Cc1sc(NCCc2ccc(Cl)cc2)nc1Cl. The van der Waals surface area contributed by atoms with Gasteiger partial charge < -0.3 is 5.32 Å². The molecule has 92 valence electrons. The molecule has 0 saturated carbocycles. The van der Waals surface area contributed by atoms with Crippen molar-refractivity contribution in [1.29, 1.82) is 5.26 Å². The van der Waals surface area contributed by atoms with E-state index in [2.05, 4.69) is 10.3 Å². The predicted octanol–water partition coefficient (Wildman–Crippen LogP) is 3.98. The lowest BCUT2D eigenvalue weighted by molar-refractivity contribution is 1.02. The van der Waals surface area contributed by atoms with Gasteiger partial charge in [0.15, 0.2) is 10.3 Å². The van der Waals surface area contributed by atoms with Gasteiger partial charge in [-0.1, -0.05) is 46.7 Å². The molecule has 2 aromatic rings. The van der Waals surface area contributed by atoms with E-state index in [9.17, 15) is 0 Å². The van der Waals surface area contributed by atoms with Crippen LogP contribution in [0.15, 0.2) is 24.3 Å². The van der Waals surface area contributed by atoms with E-state index in [4.69, 9.17) is 28.5 Å². The van der Waals surface area contributed by atoms with Crippen molar-refractivity contribution in [2.24, 2.45) is 0 Å². The van der Waals surface area contributed by atoms with E-state index in [0.717, 1.165) is 18.0 Å². The van der Waals surface area contributed by atoms with Crippen LogP contribution in [-0.4, -0.2) is 11.5 Å². The fraction of sp³-hybridized carbons (Fsp3) is 0.167. The van der Waals surface area contributed by atoms with Gasteiger partial charge in [-0.3, -0.25) is 0 Å². The summed E-state index contributed by atoms with van der Waals surface area (Å²) in [6.07, 6.45) is 0.857. The second-order valence-electron chi connectivity index (χ2n) is 3.55. The molecule has 0 bridgehead atoms. The highest BCUT2D eigenvalue weighted by Gasteiger charge is 2.07. The molecule has 0 aliphatic heterocycles. The van der Waals surface area contributed by atoms with E-state index >= 15 is 0 Å². The number of nitriles is 1. The van der Waals surface area contributed by atoms with E-state index in [1.807, 2.05) is 30.3 Å². The number of nitrogens with zero attached hydrogens (tertiary/aromatic N) is 2. The van der Waals surface area contributed by atoms with Crippen molar-refractivity contribution in [3.8, 4) is 6.07 Å². The first-order valence-electron chi connectivity index (χ1n) is 5.24. The molecule has 2 rings (SSSR count). The first-order chi connectivity index (χ1) is 8.69. The van der Waals surface area contributed by atoms with E-state index in [1.165, 1.54) is 16.9 Å². The van der Waals surface area contributed by atoms with Gasteiger partial charge in [-0.05, 0) is 24.1 Å². The Balaban J connectivity index is 1.88. The fourth-order valence-corrected chi connectivity index (χ4v) is 2.51. The third-order valence-electron chi connectivity index (χ3n) is 2.29. The van der Waals surface area contributed by atoms with Crippen LogP contribution in [0.1, 0.15) is 10.4 Å². The van der Waals surface area contributed by atoms with Crippen LogP contribution in [0, 0.1) is 11.3 Å². The summed E-state index contributed by atoms with van der Waals surface area (Å²) in [5.41, 5.74) is 1.19. The standard InChI is InChI=1S/C12H9Cl2N3S/c13-9-3-1-8(2-4-9)5-6-16-12-17-11(14)10(7-15)18-12/h1-4H,5-6H2,(H,16,17). The van der Waals surface area contributed by atoms with Crippen LogP contribution in [0.4, 0.5) is 5.13 Å². The lowest BCUT2D eigenvalue weighted by Crippen LogP contribution is -2.04. The van der Waals surface area contributed by atoms with Crippen molar-refractivity contribution >= 4 is 39.7 Å². The van der Waals surface area contributed by atoms with Crippen LogP contribution in [0.2, 0.25) is 10.2 Å². The van der Waals surface area contributed by atoms with Crippen LogP contribution < -0.4 is 5.32 Å². The highest BCUT2D eigenvalue weighted by atomic mass is 35.5. The number of thiazole rings is 1. The Kier molecular flexibility index (Phi) is 4.43. The summed E-state index contributed by atoms with van der Waals surface area (Å²) < 4.78 is 0. The van der Waals surface area contributed by atoms with Gasteiger partial charge in [0.25, 0.3) is 0 Å². The topological polar surface area (TPSA) is 48.7 Å². The molecule has 0 amide bonds. The number of nitrogens with one attached hydrogen (secondary N) is 1. The maximum absolute atomic E-state index is 8.76. The van der Waals surface area contributed by atoms with E-state index in [0.29, 0.717) is 10.0 Å². The summed E-state index contributed by atoms with van der Waals surface area (Å²) in [5.74, 6) is 0. The first-order valence-corrected chi connectivity index (χ1v) is 6.81. The maximum Gasteiger partial charge on any atom is 0.185 e. The molecule has 0 fully saturated rings. The number of anilines is 1. The molecule has 0 atom stereocenters. The van der Waals surface area contributed by atoms with Gasteiger partial charge in [0.1, 0.15) is 10.9 Å². The van der Waals surface area contributed by atoms with Crippen LogP contribution in [0.25, 0.3) is 0 Å². The van der Waals surface area contributed by atoms with Gasteiger partial charge in [0.2, 0.25) is 0 Å². The Labute approximate surface area is 119 Å². The predicted molar refractivity (Wildman–Crippen MR) is 75.5 cm³/mol. The van der Waals surface area contributed by atoms with Crippen molar-refractivity contribution in [2.75, 3.05) is 11.9 Å². The van der Waals surface area contributed by atoms with Crippen LogP contribution in [0.5, 0.6) is 0 Å². The summed E-state index contributed by atoms with van der Waals surface area (Å²) >= 11 is 12.8. The molecule has 3 nitrogen and oxygen atoms in total. The Hall–Kier alpha value is -1.28. The zero-order valence-electron chi connectivity index (χ0n) is 9.28. The zero-order chi connectivity index (χ0) is 13.0. The fourth-order valence-electron chi connectivity index (χ4n) is 1.41. The molecule has 1 N–H and O–H groups in total. The number of halogens is 2. The first kappa shape index (κ1) is 13.2. The molecule has 0 saturated heterocycles. The summed E-state index contributed by atoms with van der Waals surface area (Å²) in [6, 6.07) is 9.70. The Bertz CT molecular complexity index is 572. The minimum atomic E-state index is 0.261. The average molecular weight is 298 g/mol. The van der Waals surface area contributed by atoms with E-state index in [-0.39, 0.29) is 5.15 Å².